The Morgan fingerprint density at radius 3 is 2.63 bits per heavy atom. The molecule has 0 amide bonds. The molecule has 2 rings (SSSR count). The minimum atomic E-state index is -3.91. The molecule has 1 aromatic rings. The van der Waals surface area contributed by atoms with Gasteiger partial charge in [-0.15, -0.1) is 12.4 Å². The molecule has 0 spiro atoms. The topological polar surface area (TPSA) is 49.4 Å². The second-order valence-corrected chi connectivity index (χ2v) is 6.10. The summed E-state index contributed by atoms with van der Waals surface area (Å²) < 4.78 is 52.1. The maximum absolute atomic E-state index is 13.6. The van der Waals surface area contributed by atoms with E-state index in [2.05, 4.69) is 5.32 Å². The van der Waals surface area contributed by atoms with Gasteiger partial charge < -0.3 is 5.32 Å². The van der Waals surface area contributed by atoms with E-state index in [1.165, 1.54) is 4.31 Å². The highest BCUT2D eigenvalue weighted by Gasteiger charge is 2.32. The lowest BCUT2D eigenvalue weighted by Crippen LogP contribution is -2.52. The molecule has 1 fully saturated rings. The highest BCUT2D eigenvalue weighted by molar-refractivity contribution is 7.89. The number of hydrogen-bond donors (Lipinski definition) is 1. The van der Waals surface area contributed by atoms with Crippen LogP contribution in [0.3, 0.4) is 0 Å². The first-order valence-electron chi connectivity index (χ1n) is 5.60. The average Bonchev–Trinajstić information content (AvgIpc) is 2.28. The van der Waals surface area contributed by atoms with Gasteiger partial charge in [0, 0.05) is 31.7 Å². The van der Waals surface area contributed by atoms with Gasteiger partial charge in [0.1, 0.15) is 16.5 Å². The third kappa shape index (κ3) is 3.22. The second-order valence-electron chi connectivity index (χ2n) is 4.24. The molecule has 0 bridgehead atoms. The molecular formula is C11H15ClF2N2O2S. The van der Waals surface area contributed by atoms with Crippen LogP contribution in [0.4, 0.5) is 8.78 Å². The van der Waals surface area contributed by atoms with Crippen LogP contribution in [-0.4, -0.2) is 38.4 Å². The van der Waals surface area contributed by atoms with Crippen LogP contribution in [0, 0.1) is 11.6 Å². The molecule has 1 atom stereocenters. The first kappa shape index (κ1) is 16.3. The van der Waals surface area contributed by atoms with Crippen molar-refractivity contribution in [2.75, 3.05) is 19.6 Å². The summed E-state index contributed by atoms with van der Waals surface area (Å²) in [4.78, 5) is -0.474. The van der Waals surface area contributed by atoms with E-state index in [-0.39, 0.29) is 25.0 Å². The molecule has 0 radical (unpaired) electrons. The normalized spacial score (nSPS) is 20.9. The van der Waals surface area contributed by atoms with Crippen molar-refractivity contribution in [3.8, 4) is 0 Å². The molecule has 19 heavy (non-hydrogen) atoms. The predicted molar refractivity (Wildman–Crippen MR) is 69.8 cm³/mol. The zero-order valence-electron chi connectivity index (χ0n) is 10.3. The molecule has 0 unspecified atom stereocenters. The van der Waals surface area contributed by atoms with Crippen LogP contribution in [0.1, 0.15) is 6.92 Å². The van der Waals surface area contributed by atoms with Gasteiger partial charge in [0.2, 0.25) is 10.0 Å². The van der Waals surface area contributed by atoms with Crippen molar-refractivity contribution in [3.05, 3.63) is 29.8 Å². The molecule has 1 aliphatic rings. The highest BCUT2D eigenvalue weighted by atomic mass is 35.5. The number of nitrogens with zero attached hydrogens (tertiary/aromatic N) is 1. The molecule has 8 heteroatoms. The van der Waals surface area contributed by atoms with Crippen molar-refractivity contribution in [1.82, 2.24) is 9.62 Å². The summed E-state index contributed by atoms with van der Waals surface area (Å²) in [7, 11) is -3.91. The Balaban J connectivity index is 0.00000180. The standard InChI is InChI=1S/C11H14F2N2O2S.ClH/c1-8-7-14-4-5-15(8)18(16,17)11-3-2-9(12)6-10(11)13;/h2-3,6,8,14H,4-5,7H2,1H3;1H/t8-;/m1./s1. The van der Waals surface area contributed by atoms with E-state index in [1.807, 2.05) is 0 Å². The largest absolute Gasteiger partial charge is 0.314 e. The van der Waals surface area contributed by atoms with Crippen LogP contribution < -0.4 is 5.32 Å². The van der Waals surface area contributed by atoms with Gasteiger partial charge in [-0.2, -0.15) is 4.31 Å². The number of halogens is 3. The summed E-state index contributed by atoms with van der Waals surface area (Å²) in [6.07, 6.45) is 0. The van der Waals surface area contributed by atoms with E-state index in [4.69, 9.17) is 0 Å². The minimum Gasteiger partial charge on any atom is -0.314 e. The fourth-order valence-corrected chi connectivity index (χ4v) is 3.67. The van der Waals surface area contributed by atoms with Crippen LogP contribution >= 0.6 is 12.4 Å². The zero-order chi connectivity index (χ0) is 13.3. The van der Waals surface area contributed by atoms with Crippen LogP contribution in [-0.2, 0) is 10.0 Å². The SMILES string of the molecule is C[C@@H]1CNCCN1S(=O)(=O)c1ccc(F)cc1F.Cl. The number of rotatable bonds is 2. The van der Waals surface area contributed by atoms with E-state index < -0.39 is 26.6 Å². The summed E-state index contributed by atoms with van der Waals surface area (Å²) in [5.41, 5.74) is 0. The molecule has 0 aromatic heterocycles. The number of hydrogen-bond acceptors (Lipinski definition) is 3. The van der Waals surface area contributed by atoms with Crippen LogP contribution in [0.5, 0.6) is 0 Å². The van der Waals surface area contributed by atoms with Gasteiger partial charge in [-0.3, -0.25) is 0 Å². The van der Waals surface area contributed by atoms with Crippen molar-refractivity contribution in [2.24, 2.45) is 0 Å². The lowest BCUT2D eigenvalue weighted by molar-refractivity contribution is 0.283. The first-order valence-corrected chi connectivity index (χ1v) is 7.04. The number of nitrogens with one attached hydrogen (secondary N) is 1. The molecule has 1 N–H and O–H groups in total. The average molecular weight is 313 g/mol. The van der Waals surface area contributed by atoms with E-state index in [0.717, 1.165) is 12.1 Å². The molecule has 1 aromatic carbocycles. The summed E-state index contributed by atoms with van der Waals surface area (Å²) in [6, 6.07) is 2.24. The Bertz CT molecular complexity index is 554. The Morgan fingerprint density at radius 1 is 1.37 bits per heavy atom. The van der Waals surface area contributed by atoms with Crippen LogP contribution in [0.15, 0.2) is 23.1 Å². The molecule has 1 saturated heterocycles. The minimum absolute atomic E-state index is 0. The first-order chi connectivity index (χ1) is 8.43. The number of benzene rings is 1. The molecule has 0 aliphatic carbocycles. The molecule has 1 aliphatic heterocycles. The summed E-state index contributed by atoms with van der Waals surface area (Å²) in [6.45, 7) is 3.06. The van der Waals surface area contributed by atoms with Gasteiger partial charge in [0.25, 0.3) is 0 Å². The summed E-state index contributed by atoms with van der Waals surface area (Å²) >= 11 is 0. The Labute approximate surface area is 117 Å². The fraction of sp³-hybridized carbons (Fsp3) is 0.455. The second kappa shape index (κ2) is 6.13. The maximum atomic E-state index is 13.6. The van der Waals surface area contributed by atoms with Crippen molar-refractivity contribution >= 4 is 22.4 Å². The van der Waals surface area contributed by atoms with Crippen LogP contribution in [0.2, 0.25) is 0 Å². The lowest BCUT2D eigenvalue weighted by atomic mass is 10.3. The van der Waals surface area contributed by atoms with E-state index in [0.29, 0.717) is 19.2 Å². The summed E-state index contributed by atoms with van der Waals surface area (Å²) in [5.74, 6) is -1.85. The van der Waals surface area contributed by atoms with Gasteiger partial charge in [-0.25, -0.2) is 17.2 Å². The van der Waals surface area contributed by atoms with Crippen molar-refractivity contribution in [2.45, 2.75) is 17.9 Å². The lowest BCUT2D eigenvalue weighted by Gasteiger charge is -2.32. The smallest absolute Gasteiger partial charge is 0.246 e. The van der Waals surface area contributed by atoms with Gasteiger partial charge in [-0.05, 0) is 19.1 Å². The van der Waals surface area contributed by atoms with Gasteiger partial charge in [-0.1, -0.05) is 0 Å². The van der Waals surface area contributed by atoms with Gasteiger partial charge >= 0.3 is 0 Å². The Morgan fingerprint density at radius 2 is 2.05 bits per heavy atom. The quantitative estimate of drug-likeness (QED) is 0.897. The zero-order valence-corrected chi connectivity index (χ0v) is 11.9. The van der Waals surface area contributed by atoms with Crippen LogP contribution in [0.25, 0.3) is 0 Å². The Hall–Kier alpha value is -0.760. The summed E-state index contributed by atoms with van der Waals surface area (Å²) in [5, 5.41) is 3.05. The van der Waals surface area contributed by atoms with E-state index in [1.54, 1.807) is 6.92 Å². The van der Waals surface area contributed by atoms with Crippen molar-refractivity contribution in [3.63, 3.8) is 0 Å². The monoisotopic (exact) mass is 312 g/mol. The molecule has 108 valence electrons. The van der Waals surface area contributed by atoms with Crippen molar-refractivity contribution in [1.29, 1.82) is 0 Å². The predicted octanol–water partition coefficient (Wildman–Crippen LogP) is 1.37. The van der Waals surface area contributed by atoms with Crippen molar-refractivity contribution < 1.29 is 17.2 Å². The van der Waals surface area contributed by atoms with E-state index in [9.17, 15) is 17.2 Å². The third-order valence-electron chi connectivity index (χ3n) is 2.92. The molecule has 1 heterocycles. The third-order valence-corrected chi connectivity index (χ3v) is 4.97. The maximum Gasteiger partial charge on any atom is 0.246 e. The molecule has 0 saturated carbocycles. The number of piperazine rings is 1. The molecule has 4 nitrogen and oxygen atoms in total. The van der Waals surface area contributed by atoms with Gasteiger partial charge in [0.05, 0.1) is 0 Å². The van der Waals surface area contributed by atoms with Gasteiger partial charge in [0.15, 0.2) is 0 Å². The Kier molecular flexibility index (Phi) is 5.26. The number of sulfonamides is 1. The highest BCUT2D eigenvalue weighted by Crippen LogP contribution is 2.22. The fourth-order valence-electron chi connectivity index (χ4n) is 1.99. The molecular weight excluding hydrogens is 298 g/mol. The van der Waals surface area contributed by atoms with E-state index >= 15 is 0 Å².